The van der Waals surface area contributed by atoms with E-state index in [0.29, 0.717) is 0 Å². The summed E-state index contributed by atoms with van der Waals surface area (Å²) in [6, 6.07) is 12.7. The molecule has 3 nitrogen and oxygen atoms in total. The van der Waals surface area contributed by atoms with Crippen molar-refractivity contribution in [2.45, 2.75) is 62.3 Å². The van der Waals surface area contributed by atoms with Crippen LogP contribution in [0, 0.1) is 62.3 Å². The largest absolute Gasteiger partial charge is 0.864 e. The van der Waals surface area contributed by atoms with E-state index in [2.05, 4.69) is 98.7 Å². The zero-order valence-electron chi connectivity index (χ0n) is 20.3. The lowest BCUT2D eigenvalue weighted by atomic mass is 10.0. The summed E-state index contributed by atoms with van der Waals surface area (Å²) in [5.41, 5.74) is 9.97. The number of hydrogen-bond donors (Lipinski definition) is 0. The third-order valence-corrected chi connectivity index (χ3v) is 5.46. The zero-order chi connectivity index (χ0) is 22.9. The second-order valence-corrected chi connectivity index (χ2v) is 8.83. The lowest BCUT2D eigenvalue weighted by Crippen LogP contribution is -2.38. The molecule has 0 spiro atoms. The van der Waals surface area contributed by atoms with Crippen LogP contribution in [0.3, 0.4) is 0 Å². The molecule has 0 N–H and O–H groups in total. The highest BCUT2D eigenvalue weighted by molar-refractivity contribution is 6.39. The lowest BCUT2D eigenvalue weighted by molar-refractivity contribution is 0.302. The van der Waals surface area contributed by atoms with Gasteiger partial charge in [-0.25, -0.2) is 0 Å². The van der Waals surface area contributed by atoms with Crippen molar-refractivity contribution in [3.63, 3.8) is 0 Å². The smallest absolute Gasteiger partial charge is 0.489 e. The highest BCUT2D eigenvalue weighted by Crippen LogP contribution is 2.31. The highest BCUT2D eigenvalue weighted by Gasteiger charge is 2.33. The highest BCUT2D eigenvalue weighted by atomic mass is 16.7. The molecule has 0 amide bonds. The van der Waals surface area contributed by atoms with Gasteiger partial charge in [-0.1, -0.05) is 53.1 Å². The minimum atomic E-state index is -0.916. The maximum absolute atomic E-state index is 6.37. The van der Waals surface area contributed by atoms with Crippen LogP contribution >= 0.6 is 0 Å². The fourth-order valence-electron chi connectivity index (χ4n) is 4.42. The van der Waals surface area contributed by atoms with E-state index >= 15 is 0 Å². The topological polar surface area (TPSA) is 27.7 Å². The van der Waals surface area contributed by atoms with Crippen LogP contribution in [-0.2, 0) is 0 Å². The van der Waals surface area contributed by atoms with Gasteiger partial charge in [-0.05, 0) is 95.7 Å². The van der Waals surface area contributed by atoms with E-state index in [0.717, 1.165) is 50.6 Å². The molecule has 0 saturated carbocycles. The summed E-state index contributed by atoms with van der Waals surface area (Å²) in [4.78, 5) is 0. The quantitative estimate of drug-likeness (QED) is 0.406. The number of hydrogen-bond acceptors (Lipinski definition) is 3. The Hall–Kier alpha value is -2.88. The first-order valence-electron chi connectivity index (χ1n) is 10.8. The molecule has 0 saturated heterocycles. The van der Waals surface area contributed by atoms with Crippen LogP contribution in [0.4, 0.5) is 0 Å². The van der Waals surface area contributed by atoms with Crippen LogP contribution in [0.1, 0.15) is 50.1 Å². The molecule has 0 heterocycles. The van der Waals surface area contributed by atoms with E-state index in [1.807, 2.05) is 0 Å². The molecular formula is C27H33BO3. The summed E-state index contributed by atoms with van der Waals surface area (Å²) in [5.74, 6) is 2.38. The molecule has 4 heteroatoms. The predicted molar refractivity (Wildman–Crippen MR) is 130 cm³/mol. The van der Waals surface area contributed by atoms with Crippen molar-refractivity contribution in [3.8, 4) is 17.2 Å². The Morgan fingerprint density at radius 3 is 0.774 bits per heavy atom. The lowest BCUT2D eigenvalue weighted by Gasteiger charge is -2.23. The van der Waals surface area contributed by atoms with E-state index in [9.17, 15) is 0 Å². The Kier molecular flexibility index (Phi) is 6.69. The summed E-state index contributed by atoms with van der Waals surface area (Å²) in [7, 11) is -0.916. The molecule has 0 atom stereocenters. The van der Waals surface area contributed by atoms with Crippen molar-refractivity contribution in [3.05, 3.63) is 86.5 Å². The van der Waals surface area contributed by atoms with Gasteiger partial charge < -0.3 is 14.0 Å². The number of rotatable bonds is 6. The SMILES string of the molecule is Cc1cc(C)c(OB(Oc2c(C)cc(C)cc2C)Oc2c(C)cc(C)cc2C)c(C)c1. The minimum Gasteiger partial charge on any atom is -0.489 e. The number of aryl methyl sites for hydroxylation is 9. The van der Waals surface area contributed by atoms with Crippen LogP contribution in [-0.4, -0.2) is 7.32 Å². The summed E-state index contributed by atoms with van der Waals surface area (Å²) in [6.07, 6.45) is 0. The van der Waals surface area contributed by atoms with Crippen molar-refractivity contribution < 1.29 is 14.0 Å². The van der Waals surface area contributed by atoms with Gasteiger partial charge >= 0.3 is 7.32 Å². The molecule has 0 unspecified atom stereocenters. The standard InChI is InChI=1S/C27H33BO3/c1-16-10-19(4)25(20(5)11-16)29-28(30-26-21(6)12-17(2)13-22(26)7)31-27-23(8)14-18(3)15-24(27)9/h10-15H,1-9H3. The molecule has 3 aromatic carbocycles. The Bertz CT molecular complexity index is 907. The molecule has 162 valence electrons. The third-order valence-electron chi connectivity index (χ3n) is 5.46. The van der Waals surface area contributed by atoms with Crippen LogP contribution in [0.15, 0.2) is 36.4 Å². The Balaban J connectivity index is 2.02. The maximum Gasteiger partial charge on any atom is 0.864 e. The Morgan fingerprint density at radius 2 is 0.581 bits per heavy atom. The van der Waals surface area contributed by atoms with E-state index in [4.69, 9.17) is 14.0 Å². The van der Waals surface area contributed by atoms with E-state index < -0.39 is 7.32 Å². The molecule has 0 aliphatic rings. The van der Waals surface area contributed by atoms with Crippen LogP contribution in [0.25, 0.3) is 0 Å². The van der Waals surface area contributed by atoms with E-state index in [-0.39, 0.29) is 0 Å². The summed E-state index contributed by atoms with van der Waals surface area (Å²) in [6.45, 7) is 18.6. The van der Waals surface area contributed by atoms with Crippen molar-refractivity contribution in [2.24, 2.45) is 0 Å². The zero-order valence-corrected chi connectivity index (χ0v) is 20.3. The minimum absolute atomic E-state index is 0.792. The van der Waals surface area contributed by atoms with Gasteiger partial charge in [0.05, 0.1) is 0 Å². The van der Waals surface area contributed by atoms with E-state index in [1.165, 1.54) is 16.7 Å². The first kappa shape index (κ1) is 22.8. The first-order valence-corrected chi connectivity index (χ1v) is 10.8. The van der Waals surface area contributed by atoms with Gasteiger partial charge in [0.15, 0.2) is 0 Å². The van der Waals surface area contributed by atoms with Crippen LogP contribution in [0.5, 0.6) is 17.2 Å². The average molecular weight is 416 g/mol. The molecule has 0 radical (unpaired) electrons. The molecule has 0 aliphatic heterocycles. The molecule has 3 aromatic rings. The average Bonchev–Trinajstić information content (AvgIpc) is 2.63. The normalized spacial score (nSPS) is 10.7. The third kappa shape index (κ3) is 5.25. The monoisotopic (exact) mass is 416 g/mol. The maximum atomic E-state index is 6.37. The summed E-state index contributed by atoms with van der Waals surface area (Å²) >= 11 is 0. The van der Waals surface area contributed by atoms with Gasteiger partial charge in [0.25, 0.3) is 0 Å². The van der Waals surface area contributed by atoms with Crippen molar-refractivity contribution >= 4 is 7.32 Å². The first-order chi connectivity index (χ1) is 14.5. The van der Waals surface area contributed by atoms with Crippen molar-refractivity contribution in [1.82, 2.24) is 0 Å². The molecule has 3 rings (SSSR count). The Labute approximate surface area is 187 Å². The second-order valence-electron chi connectivity index (χ2n) is 8.83. The molecule has 0 aliphatic carbocycles. The van der Waals surface area contributed by atoms with Gasteiger partial charge in [-0.15, -0.1) is 0 Å². The van der Waals surface area contributed by atoms with Crippen LogP contribution < -0.4 is 14.0 Å². The predicted octanol–water partition coefficient (Wildman–Crippen LogP) is 6.98. The van der Waals surface area contributed by atoms with E-state index in [1.54, 1.807) is 0 Å². The fourth-order valence-corrected chi connectivity index (χ4v) is 4.42. The van der Waals surface area contributed by atoms with Gasteiger partial charge in [-0.3, -0.25) is 0 Å². The molecule has 31 heavy (non-hydrogen) atoms. The Morgan fingerprint density at radius 1 is 0.387 bits per heavy atom. The molecule has 0 aromatic heterocycles. The van der Waals surface area contributed by atoms with Gasteiger partial charge in [0.1, 0.15) is 17.2 Å². The van der Waals surface area contributed by atoms with Gasteiger partial charge in [0.2, 0.25) is 0 Å². The van der Waals surface area contributed by atoms with Gasteiger partial charge in [-0.2, -0.15) is 0 Å². The number of benzene rings is 3. The molecule has 0 bridgehead atoms. The summed E-state index contributed by atoms with van der Waals surface area (Å²) in [5, 5.41) is 0. The fraction of sp³-hybridized carbons (Fsp3) is 0.333. The molecule has 0 fully saturated rings. The van der Waals surface area contributed by atoms with Gasteiger partial charge in [0, 0.05) is 0 Å². The van der Waals surface area contributed by atoms with Crippen LogP contribution in [0.2, 0.25) is 0 Å². The van der Waals surface area contributed by atoms with Crippen molar-refractivity contribution in [1.29, 1.82) is 0 Å². The summed E-state index contributed by atoms with van der Waals surface area (Å²) < 4.78 is 19.1. The van der Waals surface area contributed by atoms with Crippen molar-refractivity contribution in [2.75, 3.05) is 0 Å². The molecular weight excluding hydrogens is 383 g/mol. The second kappa shape index (κ2) is 9.09.